The molecular weight excluding hydrogens is 292 g/mol. The molecule has 0 aliphatic heterocycles. The van der Waals surface area contributed by atoms with Crippen LogP contribution in [0.2, 0.25) is 0 Å². The van der Waals surface area contributed by atoms with Crippen molar-refractivity contribution >= 4 is 11.9 Å². The predicted octanol–water partition coefficient (Wildman–Crippen LogP) is 5.34. The highest BCUT2D eigenvalue weighted by molar-refractivity contribution is 5.94. The van der Waals surface area contributed by atoms with Crippen LogP contribution in [0.1, 0.15) is 84.5 Å². The van der Waals surface area contributed by atoms with Gasteiger partial charge in [0.05, 0.1) is 5.57 Å². The van der Waals surface area contributed by atoms with Gasteiger partial charge in [-0.3, -0.25) is 0 Å². The molecule has 0 aromatic rings. The maximum atomic E-state index is 11.1. The molecule has 4 nitrogen and oxygen atoms in total. The largest absolute Gasteiger partial charge is 0.478 e. The molecule has 0 heterocycles. The summed E-state index contributed by atoms with van der Waals surface area (Å²) in [6, 6.07) is 0. The van der Waals surface area contributed by atoms with Crippen molar-refractivity contribution in [1.29, 1.82) is 0 Å². The molecule has 4 heteroatoms. The summed E-state index contributed by atoms with van der Waals surface area (Å²) in [6.07, 6.45) is 15.9. The van der Waals surface area contributed by atoms with Crippen molar-refractivity contribution in [1.82, 2.24) is 0 Å². The molecule has 0 fully saturated rings. The van der Waals surface area contributed by atoms with E-state index < -0.39 is 11.9 Å². The summed E-state index contributed by atoms with van der Waals surface area (Å²) in [5.74, 6) is -2.16. The van der Waals surface area contributed by atoms with Crippen LogP contribution >= 0.6 is 0 Å². The molecule has 0 aromatic carbocycles. The Morgan fingerprint density at radius 2 is 1.26 bits per heavy atom. The quantitative estimate of drug-likeness (QED) is 0.257. The van der Waals surface area contributed by atoms with Crippen molar-refractivity contribution in [2.75, 3.05) is 0 Å². The zero-order valence-electron chi connectivity index (χ0n) is 14.6. The number of aliphatic carboxylic acids is 2. The van der Waals surface area contributed by atoms with Gasteiger partial charge in [-0.05, 0) is 25.8 Å². The average Bonchev–Trinajstić information content (AvgIpc) is 2.50. The number of unbranched alkanes of at least 4 members (excludes halogenated alkanes) is 10. The average molecular weight is 324 g/mol. The third kappa shape index (κ3) is 12.6. The molecule has 23 heavy (non-hydrogen) atoms. The number of carboxylic acid groups (broad SMARTS) is 2. The zero-order chi connectivity index (χ0) is 17.5. The van der Waals surface area contributed by atoms with Crippen molar-refractivity contribution in [2.24, 2.45) is 0 Å². The molecule has 0 aromatic heterocycles. The molecule has 0 saturated carbocycles. The number of hydrogen-bond acceptors (Lipinski definition) is 2. The van der Waals surface area contributed by atoms with Crippen LogP contribution in [0.25, 0.3) is 0 Å². The summed E-state index contributed by atoms with van der Waals surface area (Å²) in [4.78, 5) is 21.8. The monoisotopic (exact) mass is 324 g/mol. The number of rotatable bonds is 14. The molecule has 0 radical (unpaired) electrons. The summed E-state index contributed by atoms with van der Waals surface area (Å²) in [7, 11) is 0. The first-order chi connectivity index (χ1) is 11.0. The summed E-state index contributed by atoms with van der Waals surface area (Å²) in [5.41, 5.74) is 0.113. The first-order valence-electron chi connectivity index (χ1n) is 8.84. The Labute approximate surface area is 140 Å². The Balaban J connectivity index is 3.83. The number of carboxylic acids is 2. The topological polar surface area (TPSA) is 74.6 Å². The molecule has 0 unspecified atom stereocenters. The highest BCUT2D eigenvalue weighted by Crippen LogP contribution is 2.12. The lowest BCUT2D eigenvalue weighted by Gasteiger charge is -2.02. The standard InChI is InChI=1S/C19H32O4/c1-3-4-5-6-7-8-9-10-11-12-13-14-17(19(22)23)15-16(2)18(20)21/h14-15H,3-13H2,1-2H3,(H,20,21)(H,22,23). The fraction of sp³-hybridized carbons (Fsp3) is 0.684. The van der Waals surface area contributed by atoms with Crippen LogP contribution in [0.3, 0.4) is 0 Å². The molecule has 0 atom stereocenters. The van der Waals surface area contributed by atoms with Crippen LogP contribution in [0, 0.1) is 0 Å². The summed E-state index contributed by atoms with van der Waals surface area (Å²) >= 11 is 0. The van der Waals surface area contributed by atoms with E-state index in [1.807, 2.05) is 0 Å². The molecule has 0 aliphatic carbocycles. The molecule has 0 bridgehead atoms. The zero-order valence-corrected chi connectivity index (χ0v) is 14.6. The lowest BCUT2D eigenvalue weighted by Crippen LogP contribution is -2.02. The van der Waals surface area contributed by atoms with Gasteiger partial charge in [-0.2, -0.15) is 0 Å². The van der Waals surface area contributed by atoms with Gasteiger partial charge < -0.3 is 10.2 Å². The van der Waals surface area contributed by atoms with E-state index in [2.05, 4.69) is 6.92 Å². The third-order valence-corrected chi connectivity index (χ3v) is 3.88. The van der Waals surface area contributed by atoms with E-state index in [0.717, 1.165) is 12.8 Å². The van der Waals surface area contributed by atoms with Gasteiger partial charge in [0.15, 0.2) is 0 Å². The van der Waals surface area contributed by atoms with E-state index in [1.54, 1.807) is 6.08 Å². The highest BCUT2D eigenvalue weighted by Gasteiger charge is 2.07. The van der Waals surface area contributed by atoms with E-state index in [4.69, 9.17) is 10.2 Å². The van der Waals surface area contributed by atoms with Gasteiger partial charge in [-0.25, -0.2) is 9.59 Å². The van der Waals surface area contributed by atoms with E-state index >= 15 is 0 Å². The molecule has 0 aliphatic rings. The maximum absolute atomic E-state index is 11.1. The van der Waals surface area contributed by atoms with Gasteiger partial charge in [-0.1, -0.05) is 70.8 Å². The lowest BCUT2D eigenvalue weighted by atomic mass is 10.0. The predicted molar refractivity (Wildman–Crippen MR) is 93.6 cm³/mol. The Bertz CT molecular complexity index is 408. The second kappa shape index (κ2) is 14.0. The van der Waals surface area contributed by atoms with Gasteiger partial charge in [0.1, 0.15) is 0 Å². The molecule has 0 saturated heterocycles. The van der Waals surface area contributed by atoms with Gasteiger partial charge >= 0.3 is 11.9 Å². The fourth-order valence-electron chi connectivity index (χ4n) is 2.39. The first-order valence-corrected chi connectivity index (χ1v) is 8.84. The van der Waals surface area contributed by atoms with E-state index in [9.17, 15) is 9.59 Å². The van der Waals surface area contributed by atoms with E-state index in [-0.39, 0.29) is 11.1 Å². The fourth-order valence-corrected chi connectivity index (χ4v) is 2.39. The Kier molecular flexibility index (Phi) is 13.1. The van der Waals surface area contributed by atoms with Gasteiger partial charge in [0, 0.05) is 5.57 Å². The molecule has 0 rings (SSSR count). The molecule has 0 spiro atoms. The van der Waals surface area contributed by atoms with Gasteiger partial charge in [-0.15, -0.1) is 0 Å². The van der Waals surface area contributed by atoms with Crippen LogP contribution in [-0.4, -0.2) is 22.2 Å². The molecular formula is C19H32O4. The van der Waals surface area contributed by atoms with Crippen molar-refractivity contribution in [3.63, 3.8) is 0 Å². The number of hydrogen-bond donors (Lipinski definition) is 2. The molecule has 0 amide bonds. The summed E-state index contributed by atoms with van der Waals surface area (Å²) in [5, 5.41) is 17.8. The van der Waals surface area contributed by atoms with Crippen molar-refractivity contribution in [3.8, 4) is 0 Å². The Morgan fingerprint density at radius 3 is 1.70 bits per heavy atom. The second-order valence-electron chi connectivity index (χ2n) is 6.07. The number of allylic oxidation sites excluding steroid dienone is 1. The van der Waals surface area contributed by atoms with Crippen LogP contribution in [-0.2, 0) is 9.59 Å². The van der Waals surface area contributed by atoms with Gasteiger partial charge in [0.2, 0.25) is 0 Å². The minimum absolute atomic E-state index is 0.0433. The normalized spacial score (nSPS) is 12.4. The minimum atomic E-state index is -1.09. The highest BCUT2D eigenvalue weighted by atomic mass is 16.4. The maximum Gasteiger partial charge on any atom is 0.335 e. The van der Waals surface area contributed by atoms with Crippen LogP contribution in [0.4, 0.5) is 0 Å². The van der Waals surface area contributed by atoms with E-state index in [0.29, 0.717) is 6.42 Å². The molecule has 2 N–H and O–H groups in total. The summed E-state index contributed by atoms with van der Waals surface area (Å²) < 4.78 is 0. The number of carbonyl (C=O) groups is 2. The Morgan fingerprint density at radius 1 is 0.783 bits per heavy atom. The smallest absolute Gasteiger partial charge is 0.335 e. The van der Waals surface area contributed by atoms with Crippen LogP contribution in [0.15, 0.2) is 23.3 Å². The third-order valence-electron chi connectivity index (χ3n) is 3.88. The van der Waals surface area contributed by atoms with Crippen molar-refractivity contribution in [2.45, 2.75) is 84.5 Å². The van der Waals surface area contributed by atoms with Crippen molar-refractivity contribution in [3.05, 3.63) is 23.3 Å². The van der Waals surface area contributed by atoms with Crippen LogP contribution in [0.5, 0.6) is 0 Å². The van der Waals surface area contributed by atoms with E-state index in [1.165, 1.54) is 64.4 Å². The lowest BCUT2D eigenvalue weighted by molar-refractivity contribution is -0.132. The second-order valence-corrected chi connectivity index (χ2v) is 6.07. The first kappa shape index (κ1) is 21.4. The minimum Gasteiger partial charge on any atom is -0.478 e. The van der Waals surface area contributed by atoms with Crippen LogP contribution < -0.4 is 0 Å². The van der Waals surface area contributed by atoms with Crippen molar-refractivity contribution < 1.29 is 19.8 Å². The Hall–Kier alpha value is -1.58. The van der Waals surface area contributed by atoms with Gasteiger partial charge in [0.25, 0.3) is 0 Å². The molecule has 132 valence electrons. The summed E-state index contributed by atoms with van der Waals surface area (Å²) in [6.45, 7) is 3.63. The SMILES string of the molecule is CCCCCCCCCCCCC=C(C=C(C)C(=O)O)C(=O)O.